The first-order valence-corrected chi connectivity index (χ1v) is 7.95. The van der Waals surface area contributed by atoms with Gasteiger partial charge in [0.2, 0.25) is 0 Å². The summed E-state index contributed by atoms with van der Waals surface area (Å²) >= 11 is 0. The molecule has 0 aromatic rings. The minimum Gasteiger partial charge on any atom is -0.358 e. The second-order valence-corrected chi connectivity index (χ2v) is 5.70. The Hall–Kier alpha value is -2.64. The van der Waals surface area contributed by atoms with Crippen molar-refractivity contribution < 1.29 is 0 Å². The molecule has 2 aliphatic heterocycles. The van der Waals surface area contributed by atoms with E-state index in [2.05, 4.69) is 61.8 Å². The van der Waals surface area contributed by atoms with E-state index in [0.29, 0.717) is 0 Å². The molecule has 0 fully saturated rings. The van der Waals surface area contributed by atoms with Gasteiger partial charge in [0.25, 0.3) is 0 Å². The zero-order valence-electron chi connectivity index (χ0n) is 14.4. The van der Waals surface area contributed by atoms with Crippen molar-refractivity contribution in [2.75, 3.05) is 7.05 Å². The molecule has 0 saturated carbocycles. The van der Waals surface area contributed by atoms with Crippen molar-refractivity contribution >= 4 is 0 Å². The van der Waals surface area contributed by atoms with Gasteiger partial charge in [-0.2, -0.15) is 0 Å². The second-order valence-electron chi connectivity index (χ2n) is 5.70. The normalized spacial score (nSPS) is 20.9. The van der Waals surface area contributed by atoms with Crippen molar-refractivity contribution in [2.24, 2.45) is 0 Å². The molecule has 116 valence electrons. The number of terminal acetylenes is 1. The average molecular weight is 301 g/mol. The Morgan fingerprint density at radius 3 is 2.87 bits per heavy atom. The van der Waals surface area contributed by atoms with E-state index in [1.165, 1.54) is 11.1 Å². The molecule has 2 bridgehead atoms. The number of rotatable bonds is 3. The van der Waals surface area contributed by atoms with Gasteiger partial charge in [0, 0.05) is 7.05 Å². The van der Waals surface area contributed by atoms with E-state index in [1.54, 1.807) is 6.08 Å². The standard InChI is InChI=1S/C22H23N/c1-6-10-19(11-7-2)20-12-9-13-21-14-17(4)15-22(23(21)5)18(8-3)16-20/h1,7,10-12,14-16,22H,8H2,2-5H3/b11-7-,18-16?,19-10+,20-12?. The summed E-state index contributed by atoms with van der Waals surface area (Å²) in [5.41, 5.74) is 5.75. The van der Waals surface area contributed by atoms with Crippen LogP contribution in [0.1, 0.15) is 27.2 Å². The van der Waals surface area contributed by atoms with Gasteiger partial charge in [-0.1, -0.05) is 48.6 Å². The number of nitrogens with zero attached hydrogens (tertiary/aromatic N) is 1. The first kappa shape index (κ1) is 16.7. The Bertz CT molecular complexity index is 761. The zero-order chi connectivity index (χ0) is 16.8. The van der Waals surface area contributed by atoms with Gasteiger partial charge in [-0.3, -0.25) is 0 Å². The van der Waals surface area contributed by atoms with Gasteiger partial charge >= 0.3 is 0 Å². The molecule has 0 saturated heterocycles. The van der Waals surface area contributed by atoms with Crippen LogP contribution in [-0.2, 0) is 0 Å². The fraction of sp³-hybridized carbons (Fsp3) is 0.273. The average Bonchev–Trinajstić information content (AvgIpc) is 2.56. The Morgan fingerprint density at radius 2 is 2.22 bits per heavy atom. The third-order valence-electron chi connectivity index (χ3n) is 4.06. The molecule has 2 rings (SSSR count). The summed E-state index contributed by atoms with van der Waals surface area (Å²) in [6.07, 6.45) is 20.9. The Morgan fingerprint density at radius 1 is 1.43 bits per heavy atom. The van der Waals surface area contributed by atoms with Gasteiger partial charge in [-0.15, -0.1) is 6.42 Å². The van der Waals surface area contributed by atoms with Crippen molar-refractivity contribution in [1.29, 1.82) is 0 Å². The maximum Gasteiger partial charge on any atom is 0.0890 e. The number of allylic oxidation sites excluding steroid dienone is 10. The lowest BCUT2D eigenvalue weighted by atomic mass is 9.93. The highest BCUT2D eigenvalue weighted by molar-refractivity contribution is 5.55. The van der Waals surface area contributed by atoms with Gasteiger partial charge in [-0.05, 0) is 61.1 Å². The van der Waals surface area contributed by atoms with Crippen LogP contribution in [0.5, 0.6) is 0 Å². The number of likely N-dealkylation sites (N-methyl/N-ethyl adjacent to an activating group) is 1. The van der Waals surface area contributed by atoms with Crippen molar-refractivity contribution in [2.45, 2.75) is 33.2 Å². The summed E-state index contributed by atoms with van der Waals surface area (Å²) in [6.45, 7) is 6.32. The van der Waals surface area contributed by atoms with Gasteiger partial charge in [-0.25, -0.2) is 0 Å². The fourth-order valence-corrected chi connectivity index (χ4v) is 2.85. The van der Waals surface area contributed by atoms with Crippen LogP contribution in [-0.4, -0.2) is 18.0 Å². The van der Waals surface area contributed by atoms with E-state index in [4.69, 9.17) is 6.42 Å². The van der Waals surface area contributed by atoms with Gasteiger partial charge < -0.3 is 4.90 Å². The topological polar surface area (TPSA) is 3.24 Å². The number of fused-ring (bicyclic) bond motifs is 2. The maximum atomic E-state index is 5.49. The lowest BCUT2D eigenvalue weighted by Crippen LogP contribution is -2.33. The van der Waals surface area contributed by atoms with Gasteiger partial charge in [0.05, 0.1) is 11.7 Å². The highest BCUT2D eigenvalue weighted by Gasteiger charge is 2.22. The molecular weight excluding hydrogens is 278 g/mol. The van der Waals surface area contributed by atoms with Gasteiger partial charge in [0.1, 0.15) is 0 Å². The lowest BCUT2D eigenvalue weighted by molar-refractivity contribution is 0.390. The van der Waals surface area contributed by atoms with E-state index in [0.717, 1.165) is 23.3 Å². The molecule has 0 aromatic heterocycles. The summed E-state index contributed by atoms with van der Waals surface area (Å²) in [5.74, 6) is 9.09. The number of hydrogen-bond donors (Lipinski definition) is 0. The molecular formula is C22H23N. The van der Waals surface area contributed by atoms with Crippen LogP contribution in [0.4, 0.5) is 0 Å². The second kappa shape index (κ2) is 7.57. The molecule has 2 heterocycles. The van der Waals surface area contributed by atoms with Gasteiger partial charge in [0.15, 0.2) is 0 Å². The molecule has 0 aromatic carbocycles. The first-order valence-electron chi connectivity index (χ1n) is 7.95. The molecule has 0 N–H and O–H groups in total. The number of hydrogen-bond acceptors (Lipinski definition) is 1. The Balaban J connectivity index is 2.63. The van der Waals surface area contributed by atoms with E-state index in [1.807, 2.05) is 25.2 Å². The van der Waals surface area contributed by atoms with E-state index in [9.17, 15) is 0 Å². The largest absolute Gasteiger partial charge is 0.358 e. The van der Waals surface area contributed by atoms with Crippen LogP contribution in [0.15, 0.2) is 70.5 Å². The van der Waals surface area contributed by atoms with Crippen LogP contribution < -0.4 is 0 Å². The van der Waals surface area contributed by atoms with Crippen LogP contribution in [0.3, 0.4) is 0 Å². The van der Waals surface area contributed by atoms with E-state index >= 15 is 0 Å². The lowest BCUT2D eigenvalue weighted by Gasteiger charge is -2.33. The summed E-state index contributed by atoms with van der Waals surface area (Å²) in [5, 5.41) is 0. The molecule has 1 nitrogen and oxygen atoms in total. The molecule has 0 spiro atoms. The fourth-order valence-electron chi connectivity index (χ4n) is 2.85. The quantitative estimate of drug-likeness (QED) is 0.546. The third kappa shape index (κ3) is 3.77. The Kier molecular flexibility index (Phi) is 5.51. The molecule has 0 radical (unpaired) electrons. The third-order valence-corrected chi connectivity index (χ3v) is 4.06. The van der Waals surface area contributed by atoms with E-state index in [-0.39, 0.29) is 6.04 Å². The molecule has 1 unspecified atom stereocenters. The zero-order valence-corrected chi connectivity index (χ0v) is 14.4. The smallest absolute Gasteiger partial charge is 0.0890 e. The summed E-state index contributed by atoms with van der Waals surface area (Å²) in [6, 6.07) is 0.244. The van der Waals surface area contributed by atoms with Crippen molar-refractivity contribution in [1.82, 2.24) is 4.90 Å². The molecule has 23 heavy (non-hydrogen) atoms. The summed E-state index contributed by atoms with van der Waals surface area (Å²) in [7, 11) is 2.10. The predicted octanol–water partition coefficient (Wildman–Crippen LogP) is 4.55. The molecule has 0 aliphatic carbocycles. The minimum atomic E-state index is 0.244. The highest BCUT2D eigenvalue weighted by atomic mass is 15.1. The van der Waals surface area contributed by atoms with Crippen molar-refractivity contribution in [3.05, 3.63) is 70.5 Å². The predicted molar refractivity (Wildman–Crippen MR) is 99.4 cm³/mol. The minimum absolute atomic E-state index is 0.244. The van der Waals surface area contributed by atoms with Crippen LogP contribution in [0, 0.1) is 24.2 Å². The van der Waals surface area contributed by atoms with Crippen LogP contribution in [0.2, 0.25) is 0 Å². The molecule has 1 atom stereocenters. The SMILES string of the molecule is C#C/C=C(\C=C/C)C1=CC#CC2=CC(C)=CC(C(CC)=C1)N2C. The summed E-state index contributed by atoms with van der Waals surface area (Å²) < 4.78 is 0. The molecule has 0 amide bonds. The van der Waals surface area contributed by atoms with Crippen molar-refractivity contribution in [3.63, 3.8) is 0 Å². The first-order chi connectivity index (χ1) is 11.1. The van der Waals surface area contributed by atoms with Crippen LogP contribution >= 0.6 is 0 Å². The van der Waals surface area contributed by atoms with E-state index < -0.39 is 0 Å². The Labute approximate surface area is 140 Å². The molecule has 2 aliphatic rings. The highest BCUT2D eigenvalue weighted by Crippen LogP contribution is 2.28. The maximum absolute atomic E-state index is 5.49. The molecule has 1 heteroatoms. The van der Waals surface area contributed by atoms with Crippen LogP contribution in [0.25, 0.3) is 0 Å². The summed E-state index contributed by atoms with van der Waals surface area (Å²) in [4.78, 5) is 2.24. The van der Waals surface area contributed by atoms with Crippen molar-refractivity contribution in [3.8, 4) is 24.2 Å². The monoisotopic (exact) mass is 301 g/mol.